The molecule has 3 amide bonds. The van der Waals surface area contributed by atoms with Crippen molar-refractivity contribution in [2.45, 2.75) is 32.7 Å². The number of carbonyl (C=O) groups is 3. The number of imide groups is 1. The molecule has 0 aromatic carbocycles. The number of anilines is 1. The maximum absolute atomic E-state index is 12.2. The van der Waals surface area contributed by atoms with Gasteiger partial charge in [-0.1, -0.05) is 17.4 Å². The van der Waals surface area contributed by atoms with Crippen molar-refractivity contribution in [3.63, 3.8) is 0 Å². The number of nitrogens with one attached hydrogen (secondary N) is 2. The Hall–Kier alpha value is -2.66. The van der Waals surface area contributed by atoms with Crippen molar-refractivity contribution in [1.82, 2.24) is 24.6 Å². The fraction of sp³-hybridized carbons (Fsp3) is 0.375. The minimum absolute atomic E-state index is 0.0284. The largest absolute Gasteiger partial charge is 0.302 e. The highest BCUT2D eigenvalue weighted by atomic mass is 32.1. The van der Waals surface area contributed by atoms with Crippen molar-refractivity contribution in [3.05, 3.63) is 23.1 Å². The Balaban J connectivity index is 1.69. The molecule has 0 bridgehead atoms. The minimum Gasteiger partial charge on any atom is -0.302 e. The zero-order valence-corrected chi connectivity index (χ0v) is 16.3. The van der Waals surface area contributed by atoms with Crippen molar-refractivity contribution in [3.8, 4) is 10.7 Å². The molecule has 142 valence electrons. The highest BCUT2D eigenvalue weighted by Crippen LogP contribution is 2.31. The molecule has 0 aliphatic carbocycles. The van der Waals surface area contributed by atoms with Crippen LogP contribution < -0.4 is 5.32 Å². The van der Waals surface area contributed by atoms with Crippen LogP contribution in [0.15, 0.2) is 12.7 Å². The van der Waals surface area contributed by atoms with E-state index < -0.39 is 0 Å². The molecule has 27 heavy (non-hydrogen) atoms. The first-order chi connectivity index (χ1) is 12.9. The summed E-state index contributed by atoms with van der Waals surface area (Å²) in [5.41, 5.74) is 0.708. The number of aryl methyl sites for hydroxylation is 1. The third kappa shape index (κ3) is 4.03. The third-order valence-corrected chi connectivity index (χ3v) is 5.41. The van der Waals surface area contributed by atoms with Gasteiger partial charge >= 0.3 is 0 Å². The summed E-state index contributed by atoms with van der Waals surface area (Å²) in [5.74, 6) is -0.146. The van der Waals surface area contributed by atoms with Crippen LogP contribution in [0, 0.1) is 11.7 Å². The summed E-state index contributed by atoms with van der Waals surface area (Å²) in [6, 6.07) is 0. The fourth-order valence-electron chi connectivity index (χ4n) is 2.71. The highest BCUT2D eigenvalue weighted by Gasteiger charge is 2.29. The Morgan fingerprint density at radius 1 is 1.41 bits per heavy atom. The van der Waals surface area contributed by atoms with E-state index in [9.17, 15) is 14.4 Å². The Labute approximate surface area is 164 Å². The fourth-order valence-corrected chi connectivity index (χ4v) is 3.90. The van der Waals surface area contributed by atoms with Crippen molar-refractivity contribution in [2.75, 3.05) is 11.9 Å². The van der Waals surface area contributed by atoms with Gasteiger partial charge in [0.05, 0.1) is 10.6 Å². The number of rotatable bonds is 7. The van der Waals surface area contributed by atoms with Crippen molar-refractivity contribution in [2.24, 2.45) is 0 Å². The van der Waals surface area contributed by atoms with Crippen LogP contribution >= 0.6 is 23.6 Å². The molecule has 0 unspecified atom stereocenters. The number of H-pyrrole nitrogens is 1. The molecule has 1 aliphatic rings. The van der Waals surface area contributed by atoms with Gasteiger partial charge in [-0.3, -0.25) is 28.9 Å². The van der Waals surface area contributed by atoms with E-state index in [2.05, 4.69) is 27.1 Å². The topological polar surface area (TPSA) is 113 Å². The molecule has 3 rings (SSSR count). The van der Waals surface area contributed by atoms with E-state index >= 15 is 0 Å². The van der Waals surface area contributed by atoms with E-state index in [1.165, 1.54) is 11.3 Å². The summed E-state index contributed by atoms with van der Waals surface area (Å²) >= 11 is 6.50. The van der Waals surface area contributed by atoms with E-state index in [0.29, 0.717) is 28.0 Å². The van der Waals surface area contributed by atoms with Gasteiger partial charge < -0.3 is 5.32 Å². The average Bonchev–Trinajstić information content (AvgIpc) is 3.26. The number of nitrogens with zero attached hydrogens (tertiary/aromatic N) is 4. The zero-order valence-electron chi connectivity index (χ0n) is 14.7. The van der Waals surface area contributed by atoms with E-state index in [4.69, 9.17) is 12.2 Å². The number of aromatic nitrogens is 4. The predicted molar refractivity (Wildman–Crippen MR) is 103 cm³/mol. The molecule has 11 heteroatoms. The first-order valence-corrected chi connectivity index (χ1v) is 9.50. The van der Waals surface area contributed by atoms with Crippen LogP contribution in [0.1, 0.15) is 25.0 Å². The van der Waals surface area contributed by atoms with Gasteiger partial charge in [0.1, 0.15) is 0 Å². The van der Waals surface area contributed by atoms with Crippen LogP contribution in [-0.2, 0) is 20.9 Å². The molecule has 1 saturated heterocycles. The Kier molecular flexibility index (Phi) is 5.61. The number of allylic oxidation sites excluding steroid dienone is 1. The van der Waals surface area contributed by atoms with Gasteiger partial charge in [-0.2, -0.15) is 5.10 Å². The lowest BCUT2D eigenvalue weighted by Crippen LogP contribution is -2.32. The molecule has 3 heterocycles. The predicted octanol–water partition coefficient (Wildman–Crippen LogP) is 2.04. The molecule has 0 atom stereocenters. The molecule has 2 aromatic rings. The Morgan fingerprint density at radius 3 is 2.78 bits per heavy atom. The van der Waals surface area contributed by atoms with Crippen LogP contribution in [0.4, 0.5) is 5.13 Å². The summed E-state index contributed by atoms with van der Waals surface area (Å²) in [6.07, 6.45) is 2.18. The standard InChI is InChI=1S/C16H18N6O3S2/c1-3-7-22-14(19-20-16(22)26)13-9(2)17-15(27-13)18-10(23)6-8-21-11(24)4-5-12(21)25/h3H,1,4-8H2,2H3,(H,20,26)(H,17,18,23). The van der Waals surface area contributed by atoms with E-state index in [1.54, 1.807) is 10.6 Å². The van der Waals surface area contributed by atoms with Crippen molar-refractivity contribution in [1.29, 1.82) is 0 Å². The van der Waals surface area contributed by atoms with Crippen LogP contribution in [0.3, 0.4) is 0 Å². The number of hydrogen-bond donors (Lipinski definition) is 2. The van der Waals surface area contributed by atoms with Crippen molar-refractivity contribution < 1.29 is 14.4 Å². The number of hydrogen-bond acceptors (Lipinski definition) is 7. The van der Waals surface area contributed by atoms with Crippen molar-refractivity contribution >= 4 is 46.4 Å². The lowest BCUT2D eigenvalue weighted by Gasteiger charge is -2.12. The summed E-state index contributed by atoms with van der Waals surface area (Å²) in [7, 11) is 0. The van der Waals surface area contributed by atoms with Gasteiger partial charge in [-0.05, 0) is 19.1 Å². The van der Waals surface area contributed by atoms with E-state index in [-0.39, 0.29) is 43.5 Å². The van der Waals surface area contributed by atoms with Crippen LogP contribution in [-0.4, -0.2) is 48.9 Å². The normalized spacial score (nSPS) is 14.0. The minimum atomic E-state index is -0.312. The monoisotopic (exact) mass is 406 g/mol. The quantitative estimate of drug-likeness (QED) is 0.413. The average molecular weight is 406 g/mol. The summed E-state index contributed by atoms with van der Waals surface area (Å²) < 4.78 is 2.27. The zero-order chi connectivity index (χ0) is 19.6. The molecular weight excluding hydrogens is 388 g/mol. The second kappa shape index (κ2) is 7.92. The van der Waals surface area contributed by atoms with Gasteiger partial charge in [0, 0.05) is 32.4 Å². The molecule has 0 spiro atoms. The maximum atomic E-state index is 12.2. The maximum Gasteiger partial charge on any atom is 0.229 e. The molecule has 1 aliphatic heterocycles. The SMILES string of the molecule is C=CCn1c(-c2sc(NC(=O)CCN3C(=O)CCC3=O)nc2C)n[nH]c1=S. The molecule has 9 nitrogen and oxygen atoms in total. The third-order valence-electron chi connectivity index (χ3n) is 4.03. The summed E-state index contributed by atoms with van der Waals surface area (Å²) in [5, 5.41) is 10.1. The van der Waals surface area contributed by atoms with Gasteiger partial charge in [0.2, 0.25) is 17.7 Å². The van der Waals surface area contributed by atoms with Gasteiger partial charge in [-0.15, -0.1) is 6.58 Å². The Morgan fingerprint density at radius 2 is 2.11 bits per heavy atom. The number of amides is 3. The number of aromatic amines is 1. The Bertz CT molecular complexity index is 957. The lowest BCUT2D eigenvalue weighted by molar-refractivity contribution is -0.138. The lowest BCUT2D eigenvalue weighted by atomic mass is 10.3. The van der Waals surface area contributed by atoms with Gasteiger partial charge in [-0.25, -0.2) is 4.98 Å². The van der Waals surface area contributed by atoms with Crippen LogP contribution in [0.5, 0.6) is 0 Å². The van der Waals surface area contributed by atoms with Gasteiger partial charge in [0.15, 0.2) is 15.7 Å². The van der Waals surface area contributed by atoms with E-state index in [0.717, 1.165) is 9.78 Å². The molecule has 0 saturated carbocycles. The second-order valence-corrected chi connectivity index (χ2v) is 7.31. The van der Waals surface area contributed by atoms with E-state index in [1.807, 2.05) is 6.92 Å². The second-order valence-electron chi connectivity index (χ2n) is 5.92. The smallest absolute Gasteiger partial charge is 0.229 e. The molecule has 2 N–H and O–H groups in total. The first kappa shape index (κ1) is 19.1. The molecule has 0 radical (unpaired) electrons. The van der Waals surface area contributed by atoms with Gasteiger partial charge in [0.25, 0.3) is 0 Å². The number of likely N-dealkylation sites (tertiary alicyclic amines) is 1. The van der Waals surface area contributed by atoms with Crippen LogP contribution in [0.2, 0.25) is 0 Å². The van der Waals surface area contributed by atoms with Crippen LogP contribution in [0.25, 0.3) is 10.7 Å². The number of thiazole rings is 1. The summed E-state index contributed by atoms with van der Waals surface area (Å²) in [6.45, 7) is 6.11. The number of carbonyl (C=O) groups excluding carboxylic acids is 3. The first-order valence-electron chi connectivity index (χ1n) is 8.27. The molecule has 2 aromatic heterocycles. The summed E-state index contributed by atoms with van der Waals surface area (Å²) in [4.78, 5) is 41.6. The molecular formula is C16H18N6O3S2. The molecule has 1 fully saturated rings. The highest BCUT2D eigenvalue weighted by molar-refractivity contribution is 7.71.